The number of para-hydroxylation sites is 1. The first kappa shape index (κ1) is 21.4. The Bertz CT molecular complexity index is 745. The summed E-state index contributed by atoms with van der Waals surface area (Å²) in [6.45, 7) is 0. The summed E-state index contributed by atoms with van der Waals surface area (Å²) in [6.07, 6.45) is 5.25. The van der Waals surface area contributed by atoms with E-state index in [-0.39, 0.29) is 29.4 Å². The molecule has 1 aliphatic heterocycles. The van der Waals surface area contributed by atoms with Gasteiger partial charge in [-0.3, -0.25) is 0 Å². The van der Waals surface area contributed by atoms with Crippen molar-refractivity contribution in [2.45, 2.75) is 88.3 Å². The van der Waals surface area contributed by atoms with E-state index < -0.39 is 24.3 Å². The second-order valence-electron chi connectivity index (χ2n) is 9.09. The molecule has 0 amide bonds. The maximum absolute atomic E-state index is 11.2. The Balaban J connectivity index is 1.40. The van der Waals surface area contributed by atoms with Crippen LogP contribution in [0.4, 0.5) is 0 Å². The quantitative estimate of drug-likeness (QED) is 0.536. The lowest BCUT2D eigenvalue weighted by Crippen LogP contribution is -2.40. The Morgan fingerprint density at radius 2 is 1.90 bits per heavy atom. The van der Waals surface area contributed by atoms with E-state index in [1.165, 1.54) is 38.2 Å². The molecular weight excluding hydrogens is 388 g/mol. The van der Waals surface area contributed by atoms with Crippen LogP contribution in [0.25, 0.3) is 0 Å². The first-order valence-electron chi connectivity index (χ1n) is 11.2. The van der Waals surface area contributed by atoms with E-state index in [1.54, 1.807) is 12.1 Å². The molecule has 4 N–H and O–H groups in total. The molecule has 6 unspecified atom stereocenters. The molecule has 2 aliphatic carbocycles. The van der Waals surface area contributed by atoms with E-state index in [0.29, 0.717) is 30.9 Å². The molecule has 0 spiro atoms. The van der Waals surface area contributed by atoms with Gasteiger partial charge in [0.05, 0.1) is 12.2 Å². The van der Waals surface area contributed by atoms with Crippen molar-refractivity contribution in [2.75, 3.05) is 0 Å². The van der Waals surface area contributed by atoms with Gasteiger partial charge in [-0.2, -0.15) is 0 Å². The summed E-state index contributed by atoms with van der Waals surface area (Å²) in [6, 6.07) is 4.81. The minimum absolute atomic E-state index is 0.152. The Hall–Kier alpha value is -1.83. The van der Waals surface area contributed by atoms with Crippen LogP contribution in [0.5, 0.6) is 11.5 Å². The van der Waals surface area contributed by atoms with Gasteiger partial charge < -0.3 is 29.9 Å². The van der Waals surface area contributed by atoms with Crippen molar-refractivity contribution in [2.24, 2.45) is 11.8 Å². The zero-order chi connectivity index (χ0) is 21.3. The van der Waals surface area contributed by atoms with E-state index in [2.05, 4.69) is 0 Å². The Morgan fingerprint density at radius 1 is 1.13 bits per heavy atom. The van der Waals surface area contributed by atoms with Crippen molar-refractivity contribution < 1.29 is 34.7 Å². The Labute approximate surface area is 176 Å². The summed E-state index contributed by atoms with van der Waals surface area (Å²) in [5, 5.41) is 40.2. The molecule has 4 rings (SSSR count). The number of hydrogen-bond acceptors (Lipinski definition) is 6. The smallest absolute Gasteiger partial charge is 0.337 e. The van der Waals surface area contributed by atoms with Crippen molar-refractivity contribution in [1.29, 1.82) is 0 Å². The highest BCUT2D eigenvalue weighted by Gasteiger charge is 2.48. The fourth-order valence-electron chi connectivity index (χ4n) is 5.39. The van der Waals surface area contributed by atoms with Gasteiger partial charge in [0, 0.05) is 17.9 Å². The molecule has 3 aliphatic rings. The topological polar surface area (TPSA) is 116 Å². The molecule has 2 fully saturated rings. The largest absolute Gasteiger partial charge is 0.482 e. The molecule has 2 saturated carbocycles. The minimum Gasteiger partial charge on any atom is -0.482 e. The van der Waals surface area contributed by atoms with Crippen LogP contribution in [-0.2, 0) is 4.79 Å². The zero-order valence-corrected chi connectivity index (χ0v) is 17.2. The van der Waals surface area contributed by atoms with Crippen LogP contribution in [0.2, 0.25) is 0 Å². The molecule has 6 atom stereocenters. The predicted molar refractivity (Wildman–Crippen MR) is 108 cm³/mol. The van der Waals surface area contributed by atoms with E-state index in [0.717, 1.165) is 6.42 Å². The van der Waals surface area contributed by atoms with Crippen molar-refractivity contribution in [3.8, 4) is 11.5 Å². The number of rotatable bonds is 7. The molecule has 7 heteroatoms. The zero-order valence-electron chi connectivity index (χ0n) is 17.2. The Kier molecular flexibility index (Phi) is 6.51. The van der Waals surface area contributed by atoms with Crippen LogP contribution < -0.4 is 9.47 Å². The number of aliphatic hydroxyl groups excluding tert-OH is 3. The summed E-state index contributed by atoms with van der Waals surface area (Å²) in [5.41, 5.74) is 0.152. The number of fused-ring (bicyclic) bond motifs is 2. The van der Waals surface area contributed by atoms with E-state index in [9.17, 15) is 20.1 Å². The number of benzene rings is 1. The lowest BCUT2D eigenvalue weighted by atomic mass is 9.84. The third-order valence-electron chi connectivity index (χ3n) is 6.99. The molecule has 0 saturated heterocycles. The van der Waals surface area contributed by atoms with Crippen LogP contribution in [0.1, 0.15) is 69.5 Å². The third kappa shape index (κ3) is 4.43. The van der Waals surface area contributed by atoms with Gasteiger partial charge in [-0.15, -0.1) is 0 Å². The highest BCUT2D eigenvalue weighted by atomic mass is 16.6. The van der Waals surface area contributed by atoms with Crippen molar-refractivity contribution in [3.05, 3.63) is 23.8 Å². The average Bonchev–Trinajstić information content (AvgIpc) is 3.04. The van der Waals surface area contributed by atoms with Gasteiger partial charge in [0.15, 0.2) is 17.6 Å². The maximum atomic E-state index is 11.2. The molecule has 166 valence electrons. The second-order valence-corrected chi connectivity index (χ2v) is 9.09. The normalized spacial score (nSPS) is 30.5. The summed E-state index contributed by atoms with van der Waals surface area (Å²) in [5.74, 6) is -0.285. The number of carbonyl (C=O) groups is 1. The van der Waals surface area contributed by atoms with Crippen molar-refractivity contribution in [1.82, 2.24) is 0 Å². The van der Waals surface area contributed by atoms with Crippen molar-refractivity contribution >= 4 is 5.97 Å². The van der Waals surface area contributed by atoms with Crippen LogP contribution in [0.15, 0.2) is 18.2 Å². The summed E-state index contributed by atoms with van der Waals surface area (Å²) in [7, 11) is 0. The monoisotopic (exact) mass is 420 g/mol. The number of carboxylic acid groups (broad SMARTS) is 1. The number of aliphatic hydroxyl groups is 3. The first-order valence-corrected chi connectivity index (χ1v) is 11.2. The SMILES string of the molecule is O=C(O)C(O)c1cccc2c1OC1CC(O)C(CCC(O)CC3CCCCC3)C1O2. The van der Waals surface area contributed by atoms with Gasteiger partial charge in [-0.05, 0) is 31.2 Å². The summed E-state index contributed by atoms with van der Waals surface area (Å²) in [4.78, 5) is 11.2. The number of ether oxygens (including phenoxy) is 2. The lowest BCUT2D eigenvalue weighted by Gasteiger charge is -2.34. The summed E-state index contributed by atoms with van der Waals surface area (Å²) >= 11 is 0. The van der Waals surface area contributed by atoms with Crippen LogP contribution >= 0.6 is 0 Å². The Morgan fingerprint density at radius 3 is 2.63 bits per heavy atom. The van der Waals surface area contributed by atoms with Crippen LogP contribution in [-0.4, -0.2) is 50.8 Å². The fourth-order valence-corrected chi connectivity index (χ4v) is 5.39. The number of carboxylic acids is 1. The second kappa shape index (κ2) is 9.12. The molecule has 0 radical (unpaired) electrons. The van der Waals surface area contributed by atoms with E-state index >= 15 is 0 Å². The molecule has 1 aromatic carbocycles. The van der Waals surface area contributed by atoms with Gasteiger partial charge in [0.2, 0.25) is 0 Å². The lowest BCUT2D eigenvalue weighted by molar-refractivity contribution is -0.147. The van der Waals surface area contributed by atoms with Gasteiger partial charge in [0.25, 0.3) is 0 Å². The molecule has 0 bridgehead atoms. The standard InChI is InChI=1S/C23H32O7/c24-14(11-13-5-2-1-3-6-13)9-10-15-17(25)12-19-21(15)29-18-8-4-7-16(22(18)30-19)20(26)23(27)28/h4,7-8,13-15,17,19-21,24-26H,1-3,5-6,9-12H2,(H,27,28). The van der Waals surface area contributed by atoms with Gasteiger partial charge in [0.1, 0.15) is 12.2 Å². The van der Waals surface area contributed by atoms with Gasteiger partial charge in [-0.25, -0.2) is 4.79 Å². The third-order valence-corrected chi connectivity index (χ3v) is 6.99. The molecule has 0 aromatic heterocycles. The predicted octanol–water partition coefficient (Wildman–Crippen LogP) is 2.81. The molecule has 30 heavy (non-hydrogen) atoms. The van der Waals surface area contributed by atoms with Crippen molar-refractivity contribution in [3.63, 3.8) is 0 Å². The average molecular weight is 421 g/mol. The molecular formula is C23H32O7. The van der Waals surface area contributed by atoms with Crippen LogP contribution in [0.3, 0.4) is 0 Å². The molecule has 1 aromatic rings. The number of aliphatic carboxylic acids is 1. The molecule has 1 heterocycles. The van der Waals surface area contributed by atoms with E-state index in [1.807, 2.05) is 0 Å². The fraction of sp³-hybridized carbons (Fsp3) is 0.696. The number of hydrogen-bond donors (Lipinski definition) is 4. The maximum Gasteiger partial charge on any atom is 0.337 e. The first-order chi connectivity index (χ1) is 14.4. The van der Waals surface area contributed by atoms with Crippen LogP contribution in [0, 0.1) is 11.8 Å². The van der Waals surface area contributed by atoms with Gasteiger partial charge in [-0.1, -0.05) is 44.2 Å². The molecule has 7 nitrogen and oxygen atoms in total. The van der Waals surface area contributed by atoms with Gasteiger partial charge >= 0.3 is 5.97 Å². The minimum atomic E-state index is -1.70. The highest BCUT2D eigenvalue weighted by molar-refractivity contribution is 5.76. The van der Waals surface area contributed by atoms with E-state index in [4.69, 9.17) is 14.6 Å². The summed E-state index contributed by atoms with van der Waals surface area (Å²) < 4.78 is 12.1. The highest BCUT2D eigenvalue weighted by Crippen LogP contribution is 2.46.